The molecule has 4 nitrogen and oxygen atoms in total. The highest BCUT2D eigenvalue weighted by Gasteiger charge is 2.06. The lowest BCUT2D eigenvalue weighted by atomic mass is 10.1. The molecule has 0 bridgehead atoms. The Morgan fingerprint density at radius 2 is 1.77 bits per heavy atom. The predicted molar refractivity (Wildman–Crippen MR) is 85.6 cm³/mol. The van der Waals surface area contributed by atoms with Crippen molar-refractivity contribution in [3.05, 3.63) is 71.3 Å². The Hall–Kier alpha value is -2.17. The van der Waals surface area contributed by atoms with Crippen molar-refractivity contribution in [3.8, 4) is 0 Å². The van der Waals surface area contributed by atoms with Crippen molar-refractivity contribution in [1.29, 1.82) is 0 Å². The molecular formula is C18H21NO3. The molecule has 2 rings (SSSR count). The van der Waals surface area contributed by atoms with Crippen molar-refractivity contribution in [2.45, 2.75) is 19.1 Å². The average molecular weight is 299 g/mol. The van der Waals surface area contributed by atoms with E-state index in [1.807, 2.05) is 42.5 Å². The molecule has 1 atom stereocenters. The van der Waals surface area contributed by atoms with E-state index in [0.29, 0.717) is 25.1 Å². The van der Waals surface area contributed by atoms with Gasteiger partial charge in [-0.05, 0) is 29.7 Å². The van der Waals surface area contributed by atoms with E-state index in [-0.39, 0.29) is 5.97 Å². The van der Waals surface area contributed by atoms with Gasteiger partial charge in [0.1, 0.15) is 0 Å². The third-order valence-corrected chi connectivity index (χ3v) is 3.40. The lowest BCUT2D eigenvalue weighted by Gasteiger charge is -2.12. The van der Waals surface area contributed by atoms with Crippen LogP contribution in [0.25, 0.3) is 0 Å². The molecular weight excluding hydrogens is 278 g/mol. The van der Waals surface area contributed by atoms with E-state index >= 15 is 0 Å². The summed E-state index contributed by atoms with van der Waals surface area (Å²) in [6.45, 7) is 1.17. The Bertz CT molecular complexity index is 581. The monoisotopic (exact) mass is 299 g/mol. The van der Waals surface area contributed by atoms with Gasteiger partial charge in [0.2, 0.25) is 0 Å². The fourth-order valence-electron chi connectivity index (χ4n) is 2.22. The van der Waals surface area contributed by atoms with Crippen LogP contribution in [0.3, 0.4) is 0 Å². The van der Waals surface area contributed by atoms with E-state index < -0.39 is 6.10 Å². The van der Waals surface area contributed by atoms with Gasteiger partial charge in [-0.1, -0.05) is 42.5 Å². The summed E-state index contributed by atoms with van der Waals surface area (Å²) in [5.41, 5.74) is 2.72. The van der Waals surface area contributed by atoms with Crippen molar-refractivity contribution in [3.63, 3.8) is 0 Å². The minimum absolute atomic E-state index is 0.335. The van der Waals surface area contributed by atoms with Crippen LogP contribution in [0.1, 0.15) is 21.5 Å². The lowest BCUT2D eigenvalue weighted by Crippen LogP contribution is -2.28. The second-order valence-electron chi connectivity index (χ2n) is 5.16. The van der Waals surface area contributed by atoms with Crippen molar-refractivity contribution in [2.24, 2.45) is 0 Å². The number of carbonyl (C=O) groups is 1. The molecule has 116 valence electrons. The van der Waals surface area contributed by atoms with Gasteiger partial charge < -0.3 is 15.2 Å². The molecule has 2 aromatic carbocycles. The maximum Gasteiger partial charge on any atom is 0.337 e. The van der Waals surface area contributed by atoms with Crippen molar-refractivity contribution >= 4 is 5.97 Å². The molecule has 2 N–H and O–H groups in total. The van der Waals surface area contributed by atoms with E-state index in [9.17, 15) is 9.90 Å². The van der Waals surface area contributed by atoms with E-state index in [0.717, 1.165) is 11.1 Å². The zero-order valence-corrected chi connectivity index (χ0v) is 12.7. The number of benzene rings is 2. The summed E-state index contributed by atoms with van der Waals surface area (Å²) >= 11 is 0. The molecule has 1 unspecified atom stereocenters. The Labute approximate surface area is 130 Å². The highest BCUT2D eigenvalue weighted by molar-refractivity contribution is 5.89. The standard InChI is InChI=1S/C18H21NO3/c1-22-18(21)16-9-7-15(8-10-16)12-19-13-17(20)11-14-5-3-2-4-6-14/h2-10,17,19-20H,11-13H2,1H3. The molecule has 0 spiro atoms. The van der Waals surface area contributed by atoms with Gasteiger partial charge >= 0.3 is 5.97 Å². The van der Waals surface area contributed by atoms with Crippen molar-refractivity contribution in [1.82, 2.24) is 5.32 Å². The second-order valence-corrected chi connectivity index (χ2v) is 5.16. The molecule has 0 amide bonds. The number of rotatable bonds is 7. The summed E-state index contributed by atoms with van der Waals surface area (Å²) in [5.74, 6) is -0.335. The highest BCUT2D eigenvalue weighted by atomic mass is 16.5. The first kappa shape index (κ1) is 16.2. The number of ether oxygens (including phenoxy) is 1. The fraction of sp³-hybridized carbons (Fsp3) is 0.278. The Balaban J connectivity index is 1.75. The zero-order chi connectivity index (χ0) is 15.8. The van der Waals surface area contributed by atoms with Crippen molar-refractivity contribution in [2.75, 3.05) is 13.7 Å². The van der Waals surface area contributed by atoms with Crippen LogP contribution in [0.2, 0.25) is 0 Å². The number of nitrogens with one attached hydrogen (secondary N) is 1. The number of hydrogen-bond donors (Lipinski definition) is 2. The van der Waals surface area contributed by atoms with Crippen LogP contribution in [0.15, 0.2) is 54.6 Å². The maximum atomic E-state index is 11.3. The van der Waals surface area contributed by atoms with E-state index in [1.54, 1.807) is 12.1 Å². The van der Waals surface area contributed by atoms with Crippen LogP contribution < -0.4 is 5.32 Å². The maximum absolute atomic E-state index is 11.3. The molecule has 0 saturated carbocycles. The van der Waals surface area contributed by atoms with Gasteiger partial charge in [0, 0.05) is 13.1 Å². The molecule has 0 aromatic heterocycles. The SMILES string of the molecule is COC(=O)c1ccc(CNCC(O)Cc2ccccc2)cc1. The minimum atomic E-state index is -0.420. The van der Waals surface area contributed by atoms with Gasteiger partial charge in [0.25, 0.3) is 0 Å². The molecule has 0 heterocycles. The van der Waals surface area contributed by atoms with Crippen LogP contribution in [0.5, 0.6) is 0 Å². The quantitative estimate of drug-likeness (QED) is 0.769. The molecule has 0 aliphatic heterocycles. The lowest BCUT2D eigenvalue weighted by molar-refractivity contribution is 0.0600. The van der Waals surface area contributed by atoms with Crippen molar-refractivity contribution < 1.29 is 14.6 Å². The Morgan fingerprint density at radius 1 is 1.09 bits per heavy atom. The summed E-state index contributed by atoms with van der Waals surface area (Å²) in [7, 11) is 1.37. The third-order valence-electron chi connectivity index (χ3n) is 3.40. The zero-order valence-electron chi connectivity index (χ0n) is 12.7. The second kappa shape index (κ2) is 8.32. The number of esters is 1. The molecule has 0 fully saturated rings. The van der Waals surface area contributed by atoms with Gasteiger partial charge in [0.05, 0.1) is 18.8 Å². The summed E-state index contributed by atoms with van der Waals surface area (Å²) in [6, 6.07) is 17.2. The fourth-order valence-corrected chi connectivity index (χ4v) is 2.22. The van der Waals surface area contributed by atoms with Gasteiger partial charge in [-0.2, -0.15) is 0 Å². The first-order valence-corrected chi connectivity index (χ1v) is 7.29. The third kappa shape index (κ3) is 4.98. The van der Waals surface area contributed by atoms with Crippen LogP contribution in [-0.4, -0.2) is 30.8 Å². The molecule has 0 saturated heterocycles. The van der Waals surface area contributed by atoms with E-state index in [2.05, 4.69) is 10.1 Å². The molecule has 2 aromatic rings. The first-order valence-electron chi connectivity index (χ1n) is 7.29. The van der Waals surface area contributed by atoms with Gasteiger partial charge in [-0.15, -0.1) is 0 Å². The van der Waals surface area contributed by atoms with Crippen LogP contribution in [-0.2, 0) is 17.7 Å². The smallest absolute Gasteiger partial charge is 0.337 e. The van der Waals surface area contributed by atoms with E-state index in [4.69, 9.17) is 0 Å². The van der Waals surface area contributed by atoms with E-state index in [1.165, 1.54) is 7.11 Å². The largest absolute Gasteiger partial charge is 0.465 e. The topological polar surface area (TPSA) is 58.6 Å². The number of carbonyl (C=O) groups excluding carboxylic acids is 1. The average Bonchev–Trinajstić information content (AvgIpc) is 2.55. The molecule has 22 heavy (non-hydrogen) atoms. The summed E-state index contributed by atoms with van der Waals surface area (Å²) in [6.07, 6.45) is 0.214. The number of aliphatic hydroxyl groups excluding tert-OH is 1. The number of methoxy groups -OCH3 is 1. The van der Waals surface area contributed by atoms with Crippen LogP contribution in [0, 0.1) is 0 Å². The Morgan fingerprint density at radius 3 is 2.41 bits per heavy atom. The molecule has 0 radical (unpaired) electrons. The molecule has 4 heteroatoms. The van der Waals surface area contributed by atoms with Gasteiger partial charge in [-0.3, -0.25) is 0 Å². The number of aliphatic hydroxyl groups is 1. The first-order chi connectivity index (χ1) is 10.7. The van der Waals surface area contributed by atoms with Crippen LogP contribution in [0.4, 0.5) is 0 Å². The summed E-state index contributed by atoms with van der Waals surface area (Å²) < 4.78 is 4.66. The highest BCUT2D eigenvalue weighted by Crippen LogP contribution is 2.06. The minimum Gasteiger partial charge on any atom is -0.465 e. The molecule has 0 aliphatic rings. The van der Waals surface area contributed by atoms with Gasteiger partial charge in [0.15, 0.2) is 0 Å². The normalized spacial score (nSPS) is 11.9. The summed E-state index contributed by atoms with van der Waals surface area (Å²) in [5, 5.41) is 13.2. The summed E-state index contributed by atoms with van der Waals surface area (Å²) in [4.78, 5) is 11.3. The number of hydrogen-bond acceptors (Lipinski definition) is 4. The molecule has 0 aliphatic carbocycles. The van der Waals surface area contributed by atoms with Gasteiger partial charge in [-0.25, -0.2) is 4.79 Å². The van der Waals surface area contributed by atoms with Crippen LogP contribution >= 0.6 is 0 Å². The Kier molecular flexibility index (Phi) is 6.13. The predicted octanol–water partition coefficient (Wildman–Crippen LogP) is 2.17.